The summed E-state index contributed by atoms with van der Waals surface area (Å²) in [5, 5.41) is 9.27. The Morgan fingerprint density at radius 2 is 1.97 bits per heavy atom. The highest BCUT2D eigenvalue weighted by atomic mass is 35.5. The summed E-state index contributed by atoms with van der Waals surface area (Å²) in [6.07, 6.45) is 1.61. The Labute approximate surface area is 214 Å². The highest BCUT2D eigenvalue weighted by Gasteiger charge is 2.37. The number of rotatable bonds is 7. The van der Waals surface area contributed by atoms with E-state index in [-0.39, 0.29) is 28.6 Å². The minimum absolute atomic E-state index is 0.0149. The molecule has 13 heteroatoms. The first-order valence-corrected chi connectivity index (χ1v) is 12.9. The molecule has 0 spiro atoms. The predicted molar refractivity (Wildman–Crippen MR) is 136 cm³/mol. The maximum Gasteiger partial charge on any atom is 0.240 e. The van der Waals surface area contributed by atoms with E-state index in [1.165, 1.54) is 31.6 Å². The molecule has 4 rings (SSSR count). The molecular formula is C23H27ClN6O5S. The van der Waals surface area contributed by atoms with E-state index in [0.717, 1.165) is 0 Å². The van der Waals surface area contributed by atoms with Crippen molar-refractivity contribution in [3.63, 3.8) is 0 Å². The Hall–Kier alpha value is -3.19. The molecule has 1 aliphatic heterocycles. The van der Waals surface area contributed by atoms with Crippen LogP contribution in [0.5, 0.6) is 11.5 Å². The maximum atomic E-state index is 12.5. The lowest BCUT2D eigenvalue weighted by Gasteiger charge is -2.21. The summed E-state index contributed by atoms with van der Waals surface area (Å²) >= 11 is 6.10. The van der Waals surface area contributed by atoms with Crippen molar-refractivity contribution < 1.29 is 22.7 Å². The quantitative estimate of drug-likeness (QED) is 0.466. The highest BCUT2D eigenvalue weighted by molar-refractivity contribution is 7.89. The molecule has 11 nitrogen and oxygen atoms in total. The van der Waals surface area contributed by atoms with Crippen molar-refractivity contribution in [2.45, 2.75) is 23.5 Å². The van der Waals surface area contributed by atoms with E-state index in [9.17, 15) is 13.2 Å². The fourth-order valence-electron chi connectivity index (χ4n) is 4.20. The van der Waals surface area contributed by atoms with Crippen molar-refractivity contribution in [3.05, 3.63) is 41.7 Å². The Morgan fingerprint density at radius 3 is 2.64 bits per heavy atom. The fraction of sp³-hybridized carbons (Fsp3) is 0.348. The van der Waals surface area contributed by atoms with E-state index < -0.39 is 10.0 Å². The van der Waals surface area contributed by atoms with Crippen molar-refractivity contribution in [1.29, 1.82) is 0 Å². The Bertz CT molecular complexity index is 1420. The van der Waals surface area contributed by atoms with Crippen LogP contribution >= 0.6 is 11.6 Å². The van der Waals surface area contributed by atoms with Gasteiger partial charge < -0.3 is 19.7 Å². The lowest BCUT2D eigenvalue weighted by Crippen LogP contribution is -2.40. The average molecular weight is 535 g/mol. The van der Waals surface area contributed by atoms with Gasteiger partial charge in [0.2, 0.25) is 15.9 Å². The van der Waals surface area contributed by atoms with Gasteiger partial charge in [0, 0.05) is 43.5 Å². The second kappa shape index (κ2) is 10.1. The molecule has 0 saturated carbocycles. The molecule has 192 valence electrons. The molecular weight excluding hydrogens is 508 g/mol. The fourth-order valence-corrected chi connectivity index (χ4v) is 5.04. The first-order chi connectivity index (χ1) is 17.0. The predicted octanol–water partition coefficient (Wildman–Crippen LogP) is 2.22. The smallest absolute Gasteiger partial charge is 0.240 e. The molecule has 1 aliphatic rings. The number of nitrogens with one attached hydrogen (secondary N) is 1. The van der Waals surface area contributed by atoms with Gasteiger partial charge in [-0.25, -0.2) is 23.5 Å². The van der Waals surface area contributed by atoms with E-state index in [1.54, 1.807) is 31.1 Å². The van der Waals surface area contributed by atoms with Gasteiger partial charge in [0.05, 0.1) is 24.4 Å². The number of nitrogens with zero attached hydrogens (tertiary/aromatic N) is 4. The molecule has 1 amide bonds. The summed E-state index contributed by atoms with van der Waals surface area (Å²) in [4.78, 5) is 24.5. The number of ether oxygens (including phenoxy) is 2. The number of anilines is 2. The SMILES string of the molecule is COc1cc2ncnc(Nc3cc(Cl)ccc3S(N)(=O)=O)c2cc1O[C@H]1C[C@H](C(=O)N(C)C)N(C)C1. The van der Waals surface area contributed by atoms with Crippen molar-refractivity contribution >= 4 is 49.9 Å². The number of likely N-dealkylation sites (tertiary alicyclic amines) is 1. The number of carbonyl (C=O) groups is 1. The van der Waals surface area contributed by atoms with Crippen LogP contribution in [-0.4, -0.2) is 81.0 Å². The number of likely N-dealkylation sites (N-methyl/N-ethyl adjacent to an activating group) is 2. The molecule has 36 heavy (non-hydrogen) atoms. The largest absolute Gasteiger partial charge is 0.493 e. The van der Waals surface area contributed by atoms with E-state index in [4.69, 9.17) is 26.2 Å². The summed E-state index contributed by atoms with van der Waals surface area (Å²) in [6, 6.07) is 7.36. The number of aromatic nitrogens is 2. The number of primary sulfonamides is 1. The summed E-state index contributed by atoms with van der Waals surface area (Å²) in [5.74, 6) is 1.24. The number of sulfonamides is 1. The van der Waals surface area contributed by atoms with Gasteiger partial charge in [-0.1, -0.05) is 11.6 Å². The minimum Gasteiger partial charge on any atom is -0.493 e. The summed E-state index contributed by atoms with van der Waals surface area (Å²) in [7, 11) is 2.84. The second-order valence-electron chi connectivity index (χ2n) is 8.72. The second-order valence-corrected chi connectivity index (χ2v) is 10.7. The molecule has 1 fully saturated rings. The number of fused-ring (bicyclic) bond motifs is 1. The number of benzene rings is 2. The van der Waals surface area contributed by atoms with Crippen LogP contribution in [0, 0.1) is 0 Å². The molecule has 0 radical (unpaired) electrons. The van der Waals surface area contributed by atoms with Gasteiger partial charge in [0.25, 0.3) is 0 Å². The van der Waals surface area contributed by atoms with Crippen LogP contribution in [0.1, 0.15) is 6.42 Å². The number of hydrogen-bond acceptors (Lipinski definition) is 9. The molecule has 3 N–H and O–H groups in total. The van der Waals surface area contributed by atoms with Gasteiger partial charge in [-0.3, -0.25) is 9.69 Å². The third-order valence-corrected chi connectivity index (χ3v) is 7.16. The highest BCUT2D eigenvalue weighted by Crippen LogP contribution is 2.37. The molecule has 2 heterocycles. The Kier molecular flexibility index (Phi) is 7.23. The first kappa shape index (κ1) is 25.9. The zero-order valence-corrected chi connectivity index (χ0v) is 21.8. The molecule has 0 bridgehead atoms. The number of halogens is 1. The summed E-state index contributed by atoms with van der Waals surface area (Å²) in [6.45, 7) is 0.558. The molecule has 3 aromatic rings. The molecule has 2 aromatic carbocycles. The van der Waals surface area contributed by atoms with E-state index in [2.05, 4.69) is 15.3 Å². The minimum atomic E-state index is -4.03. The lowest BCUT2D eigenvalue weighted by molar-refractivity contribution is -0.133. The topological polar surface area (TPSA) is 140 Å². The number of nitrogens with two attached hydrogens (primary N) is 1. The molecule has 0 aliphatic carbocycles. The zero-order chi connectivity index (χ0) is 26.2. The number of carbonyl (C=O) groups excluding carboxylic acids is 1. The average Bonchev–Trinajstić information content (AvgIpc) is 3.17. The van der Waals surface area contributed by atoms with Crippen LogP contribution in [0.3, 0.4) is 0 Å². The normalized spacial score (nSPS) is 18.3. The van der Waals surface area contributed by atoms with Gasteiger partial charge in [-0.05, 0) is 31.3 Å². The van der Waals surface area contributed by atoms with Crippen molar-refractivity contribution in [3.8, 4) is 11.5 Å². The van der Waals surface area contributed by atoms with Crippen LogP contribution in [0.2, 0.25) is 5.02 Å². The van der Waals surface area contributed by atoms with Crippen LogP contribution in [0.25, 0.3) is 10.9 Å². The standard InChI is InChI=1S/C23H27ClN6O5S/c1-29(2)23(31)18-8-14(11-30(18)3)35-20-9-15-16(10-19(20)34-4)26-12-27-22(15)28-17-7-13(24)5-6-21(17)36(25,32)33/h5-7,9-10,12,14,18H,8,11H2,1-4H3,(H2,25,32,33)(H,26,27,28)/t14-,18+/m0/s1. The molecule has 0 unspecified atom stereocenters. The molecule has 1 aromatic heterocycles. The van der Waals surface area contributed by atoms with Gasteiger partial charge >= 0.3 is 0 Å². The van der Waals surface area contributed by atoms with E-state index >= 15 is 0 Å². The number of methoxy groups -OCH3 is 1. The van der Waals surface area contributed by atoms with Crippen LogP contribution in [0.15, 0.2) is 41.6 Å². The van der Waals surface area contributed by atoms with Gasteiger partial charge in [-0.15, -0.1) is 0 Å². The van der Waals surface area contributed by atoms with Crippen LogP contribution in [-0.2, 0) is 14.8 Å². The monoisotopic (exact) mass is 534 g/mol. The van der Waals surface area contributed by atoms with Crippen LogP contribution < -0.4 is 19.9 Å². The van der Waals surface area contributed by atoms with Crippen molar-refractivity contribution in [2.24, 2.45) is 5.14 Å². The van der Waals surface area contributed by atoms with Gasteiger partial charge in [-0.2, -0.15) is 0 Å². The van der Waals surface area contributed by atoms with Gasteiger partial charge in [0.1, 0.15) is 23.1 Å². The first-order valence-electron chi connectivity index (χ1n) is 11.0. The number of hydrogen-bond donors (Lipinski definition) is 2. The third-order valence-electron chi connectivity index (χ3n) is 5.95. The van der Waals surface area contributed by atoms with Crippen molar-refractivity contribution in [1.82, 2.24) is 19.8 Å². The number of amides is 1. The van der Waals surface area contributed by atoms with E-state index in [1.807, 2.05) is 11.9 Å². The summed E-state index contributed by atoms with van der Waals surface area (Å²) < 4.78 is 36.0. The summed E-state index contributed by atoms with van der Waals surface area (Å²) in [5.41, 5.74) is 0.714. The molecule has 2 atom stereocenters. The zero-order valence-electron chi connectivity index (χ0n) is 20.2. The van der Waals surface area contributed by atoms with Crippen molar-refractivity contribution in [2.75, 3.05) is 40.1 Å². The van der Waals surface area contributed by atoms with Crippen LogP contribution in [0.4, 0.5) is 11.5 Å². The maximum absolute atomic E-state index is 12.5. The lowest BCUT2D eigenvalue weighted by atomic mass is 10.1. The third kappa shape index (κ3) is 5.31. The Balaban J connectivity index is 1.70. The molecule has 1 saturated heterocycles. The van der Waals surface area contributed by atoms with E-state index in [0.29, 0.717) is 46.2 Å². The van der Waals surface area contributed by atoms with Gasteiger partial charge in [0.15, 0.2) is 11.5 Å². The Morgan fingerprint density at radius 1 is 1.22 bits per heavy atom.